The first kappa shape index (κ1) is 14.6. The van der Waals surface area contributed by atoms with E-state index >= 15 is 0 Å². The number of amides is 1. The SMILES string of the molecule is CCCN1C(=O)c2ccccc2[C@H](C(=O)O)[C@H]1C(C)C. The number of hydrogen-bond donors (Lipinski definition) is 1. The molecule has 0 unspecified atom stereocenters. The van der Waals surface area contributed by atoms with Gasteiger partial charge in [0.05, 0.1) is 6.04 Å². The van der Waals surface area contributed by atoms with Gasteiger partial charge in [-0.1, -0.05) is 39.0 Å². The van der Waals surface area contributed by atoms with Crippen LogP contribution in [0.4, 0.5) is 0 Å². The molecule has 2 atom stereocenters. The Morgan fingerprint density at radius 3 is 2.55 bits per heavy atom. The summed E-state index contributed by atoms with van der Waals surface area (Å²) in [5.41, 5.74) is 1.18. The van der Waals surface area contributed by atoms with Crippen molar-refractivity contribution in [3.8, 4) is 0 Å². The fourth-order valence-corrected chi connectivity index (χ4v) is 3.13. The predicted molar refractivity (Wildman–Crippen MR) is 76.8 cm³/mol. The molecule has 1 aromatic carbocycles. The molecule has 0 spiro atoms. The molecule has 4 heteroatoms. The summed E-state index contributed by atoms with van der Waals surface area (Å²) in [6.07, 6.45) is 0.823. The number of carbonyl (C=O) groups is 2. The minimum atomic E-state index is -0.857. The lowest BCUT2D eigenvalue weighted by Gasteiger charge is -2.42. The van der Waals surface area contributed by atoms with E-state index in [2.05, 4.69) is 0 Å². The maximum absolute atomic E-state index is 12.6. The van der Waals surface area contributed by atoms with Gasteiger partial charge >= 0.3 is 5.97 Å². The van der Waals surface area contributed by atoms with Crippen LogP contribution >= 0.6 is 0 Å². The molecule has 0 aromatic heterocycles. The minimum Gasteiger partial charge on any atom is -0.481 e. The molecule has 1 aliphatic rings. The molecular formula is C16H21NO3. The van der Waals surface area contributed by atoms with E-state index in [0.717, 1.165) is 6.42 Å². The first-order valence-corrected chi connectivity index (χ1v) is 7.11. The zero-order valence-corrected chi connectivity index (χ0v) is 12.2. The van der Waals surface area contributed by atoms with Crippen LogP contribution in [-0.2, 0) is 4.79 Å². The van der Waals surface area contributed by atoms with Crippen molar-refractivity contribution in [1.29, 1.82) is 0 Å². The number of carboxylic acid groups (broad SMARTS) is 1. The maximum atomic E-state index is 12.6. The van der Waals surface area contributed by atoms with Crippen molar-refractivity contribution < 1.29 is 14.7 Å². The Bertz CT molecular complexity index is 524. The zero-order valence-electron chi connectivity index (χ0n) is 12.2. The van der Waals surface area contributed by atoms with Gasteiger partial charge < -0.3 is 10.0 Å². The third-order valence-electron chi connectivity index (χ3n) is 3.90. The second-order valence-electron chi connectivity index (χ2n) is 5.64. The van der Waals surface area contributed by atoms with Gasteiger partial charge in [0.25, 0.3) is 5.91 Å². The van der Waals surface area contributed by atoms with Gasteiger partial charge in [-0.15, -0.1) is 0 Å². The van der Waals surface area contributed by atoms with Gasteiger partial charge in [-0.25, -0.2) is 0 Å². The Balaban J connectivity index is 2.59. The molecular weight excluding hydrogens is 254 g/mol. The molecule has 0 fully saturated rings. The topological polar surface area (TPSA) is 57.6 Å². The first-order chi connectivity index (χ1) is 9.49. The molecule has 0 saturated heterocycles. The highest BCUT2D eigenvalue weighted by atomic mass is 16.4. The predicted octanol–water partition coefficient (Wildman–Crippen LogP) is 2.75. The lowest BCUT2D eigenvalue weighted by Crippen LogP contribution is -2.52. The Hall–Kier alpha value is -1.84. The molecule has 20 heavy (non-hydrogen) atoms. The van der Waals surface area contributed by atoms with Crippen molar-refractivity contribution in [3.05, 3.63) is 35.4 Å². The fraction of sp³-hybridized carbons (Fsp3) is 0.500. The average molecular weight is 275 g/mol. The monoisotopic (exact) mass is 275 g/mol. The van der Waals surface area contributed by atoms with Gasteiger partial charge in [0.2, 0.25) is 0 Å². The molecule has 0 saturated carbocycles. The second kappa shape index (κ2) is 5.65. The Labute approximate surface area is 119 Å². The molecule has 1 amide bonds. The van der Waals surface area contributed by atoms with Gasteiger partial charge in [-0.3, -0.25) is 9.59 Å². The van der Waals surface area contributed by atoms with E-state index in [1.165, 1.54) is 0 Å². The number of hydrogen-bond acceptors (Lipinski definition) is 2. The summed E-state index contributed by atoms with van der Waals surface area (Å²) in [5, 5.41) is 9.64. The number of aliphatic carboxylic acids is 1. The van der Waals surface area contributed by atoms with Gasteiger partial charge in [0.15, 0.2) is 0 Å². The Morgan fingerprint density at radius 1 is 1.35 bits per heavy atom. The molecule has 1 N–H and O–H groups in total. The second-order valence-corrected chi connectivity index (χ2v) is 5.64. The van der Waals surface area contributed by atoms with Gasteiger partial charge in [0, 0.05) is 12.1 Å². The van der Waals surface area contributed by atoms with E-state index < -0.39 is 11.9 Å². The highest BCUT2D eigenvalue weighted by Gasteiger charge is 2.44. The molecule has 1 aromatic rings. The van der Waals surface area contributed by atoms with Crippen LogP contribution in [-0.4, -0.2) is 34.5 Å². The number of carbonyl (C=O) groups excluding carboxylic acids is 1. The number of rotatable bonds is 4. The highest BCUT2D eigenvalue weighted by molar-refractivity contribution is 6.00. The summed E-state index contributed by atoms with van der Waals surface area (Å²) < 4.78 is 0. The van der Waals surface area contributed by atoms with Crippen molar-refractivity contribution in [1.82, 2.24) is 4.90 Å². The Morgan fingerprint density at radius 2 is 2.00 bits per heavy atom. The van der Waals surface area contributed by atoms with Crippen molar-refractivity contribution in [2.24, 2.45) is 5.92 Å². The number of benzene rings is 1. The molecule has 0 aliphatic carbocycles. The highest BCUT2D eigenvalue weighted by Crippen LogP contribution is 2.37. The van der Waals surface area contributed by atoms with Gasteiger partial charge in [-0.05, 0) is 24.0 Å². The standard InChI is InChI=1S/C16H21NO3/c1-4-9-17-14(10(2)3)13(16(19)20)11-7-5-6-8-12(11)15(17)18/h5-8,10,13-14H,4,9H2,1-3H3,(H,19,20)/t13-,14+/m0/s1. The fourth-order valence-electron chi connectivity index (χ4n) is 3.13. The molecule has 0 radical (unpaired) electrons. The lowest BCUT2D eigenvalue weighted by molar-refractivity contribution is -0.141. The van der Waals surface area contributed by atoms with Crippen LogP contribution in [0, 0.1) is 5.92 Å². The summed E-state index contributed by atoms with van der Waals surface area (Å²) in [6, 6.07) is 6.80. The first-order valence-electron chi connectivity index (χ1n) is 7.11. The smallest absolute Gasteiger partial charge is 0.313 e. The molecule has 0 bridgehead atoms. The quantitative estimate of drug-likeness (QED) is 0.919. The molecule has 108 valence electrons. The van der Waals surface area contributed by atoms with Crippen LogP contribution in [0.15, 0.2) is 24.3 Å². The van der Waals surface area contributed by atoms with Crippen molar-refractivity contribution in [3.63, 3.8) is 0 Å². The molecule has 2 rings (SSSR count). The average Bonchev–Trinajstić information content (AvgIpc) is 2.41. The van der Waals surface area contributed by atoms with Crippen molar-refractivity contribution >= 4 is 11.9 Å². The Kier molecular flexibility index (Phi) is 4.12. The summed E-state index contributed by atoms with van der Waals surface area (Å²) in [6.45, 7) is 6.55. The van der Waals surface area contributed by atoms with E-state index in [0.29, 0.717) is 17.7 Å². The van der Waals surface area contributed by atoms with Crippen molar-refractivity contribution in [2.75, 3.05) is 6.54 Å². The van der Waals surface area contributed by atoms with E-state index in [4.69, 9.17) is 0 Å². The zero-order chi connectivity index (χ0) is 14.9. The summed E-state index contributed by atoms with van der Waals surface area (Å²) in [5.74, 6) is -1.45. The van der Waals surface area contributed by atoms with Crippen LogP contribution in [0.2, 0.25) is 0 Å². The summed E-state index contributed by atoms with van der Waals surface area (Å²) in [4.78, 5) is 26.1. The lowest BCUT2D eigenvalue weighted by atomic mass is 9.78. The summed E-state index contributed by atoms with van der Waals surface area (Å²) >= 11 is 0. The number of nitrogens with zero attached hydrogens (tertiary/aromatic N) is 1. The van der Waals surface area contributed by atoms with E-state index in [9.17, 15) is 14.7 Å². The van der Waals surface area contributed by atoms with E-state index in [1.807, 2.05) is 20.8 Å². The maximum Gasteiger partial charge on any atom is 0.313 e. The van der Waals surface area contributed by atoms with Crippen LogP contribution in [0.3, 0.4) is 0 Å². The number of carboxylic acids is 1. The van der Waals surface area contributed by atoms with Crippen LogP contribution in [0.25, 0.3) is 0 Å². The van der Waals surface area contributed by atoms with Crippen LogP contribution in [0.5, 0.6) is 0 Å². The van der Waals surface area contributed by atoms with Crippen molar-refractivity contribution in [2.45, 2.75) is 39.2 Å². The molecule has 1 aliphatic heterocycles. The summed E-state index contributed by atoms with van der Waals surface area (Å²) in [7, 11) is 0. The third-order valence-corrected chi connectivity index (χ3v) is 3.90. The van der Waals surface area contributed by atoms with Crippen LogP contribution in [0.1, 0.15) is 49.0 Å². The number of fused-ring (bicyclic) bond motifs is 1. The van der Waals surface area contributed by atoms with Gasteiger partial charge in [-0.2, -0.15) is 0 Å². The van der Waals surface area contributed by atoms with Crippen LogP contribution < -0.4 is 0 Å². The van der Waals surface area contributed by atoms with Gasteiger partial charge in [0.1, 0.15) is 5.92 Å². The largest absolute Gasteiger partial charge is 0.481 e. The minimum absolute atomic E-state index is 0.0429. The normalized spacial score (nSPS) is 22.0. The van der Waals surface area contributed by atoms with E-state index in [1.54, 1.807) is 29.2 Å². The third kappa shape index (κ3) is 2.30. The molecule has 1 heterocycles. The molecule has 4 nitrogen and oxygen atoms in total. The van der Waals surface area contributed by atoms with E-state index in [-0.39, 0.29) is 17.9 Å².